The van der Waals surface area contributed by atoms with Crippen LogP contribution < -0.4 is 5.32 Å². The number of carbonyl (C=O) groups is 1. The van der Waals surface area contributed by atoms with E-state index in [4.69, 9.17) is 27.6 Å². The molecule has 0 bridgehead atoms. The van der Waals surface area contributed by atoms with E-state index in [9.17, 15) is 4.79 Å². The second-order valence-corrected chi connectivity index (χ2v) is 6.86. The van der Waals surface area contributed by atoms with Crippen molar-refractivity contribution in [3.8, 4) is 11.1 Å². The lowest BCUT2D eigenvalue weighted by Crippen LogP contribution is -2.12. The molecule has 0 atom stereocenters. The highest BCUT2D eigenvalue weighted by Gasteiger charge is 2.12. The van der Waals surface area contributed by atoms with Gasteiger partial charge in [-0.25, -0.2) is 4.98 Å². The molecule has 6 heteroatoms. The third kappa shape index (κ3) is 3.54. The van der Waals surface area contributed by atoms with Gasteiger partial charge in [0.15, 0.2) is 11.5 Å². The van der Waals surface area contributed by atoms with Gasteiger partial charge in [0.05, 0.1) is 15.6 Å². The maximum Gasteiger partial charge on any atom is 0.257 e. The number of hydrogen-bond acceptors (Lipinski definition) is 3. The van der Waals surface area contributed by atoms with Crippen molar-refractivity contribution in [1.82, 2.24) is 4.98 Å². The van der Waals surface area contributed by atoms with Crippen LogP contribution in [0.15, 0.2) is 65.1 Å². The minimum absolute atomic E-state index is 0.259. The maximum atomic E-state index is 12.4. The van der Waals surface area contributed by atoms with Crippen molar-refractivity contribution in [2.45, 2.75) is 6.92 Å². The summed E-state index contributed by atoms with van der Waals surface area (Å²) in [7, 11) is 0. The van der Waals surface area contributed by atoms with E-state index in [1.54, 1.807) is 37.3 Å². The Hall–Kier alpha value is -2.82. The molecule has 0 aliphatic rings. The highest BCUT2D eigenvalue weighted by atomic mass is 35.5. The van der Waals surface area contributed by atoms with E-state index in [0.29, 0.717) is 32.8 Å². The molecule has 3 aromatic carbocycles. The van der Waals surface area contributed by atoms with E-state index in [0.717, 1.165) is 16.6 Å². The zero-order valence-corrected chi connectivity index (χ0v) is 15.8. The van der Waals surface area contributed by atoms with Crippen LogP contribution in [0.1, 0.15) is 16.2 Å². The number of benzene rings is 3. The number of rotatable bonds is 3. The molecule has 0 spiro atoms. The number of hydrogen-bond donors (Lipinski definition) is 1. The van der Waals surface area contributed by atoms with Crippen LogP contribution in [0.5, 0.6) is 0 Å². The van der Waals surface area contributed by atoms with Crippen LogP contribution in [-0.4, -0.2) is 10.9 Å². The van der Waals surface area contributed by atoms with Crippen LogP contribution in [0.3, 0.4) is 0 Å². The number of oxazole rings is 1. The summed E-state index contributed by atoms with van der Waals surface area (Å²) in [6.45, 7) is 1.80. The molecule has 4 rings (SSSR count). The van der Waals surface area contributed by atoms with E-state index in [1.165, 1.54) is 0 Å². The number of halogens is 2. The van der Waals surface area contributed by atoms with Gasteiger partial charge >= 0.3 is 0 Å². The molecule has 4 nitrogen and oxygen atoms in total. The Kier molecular flexibility index (Phi) is 4.60. The molecule has 1 heterocycles. The van der Waals surface area contributed by atoms with Crippen LogP contribution in [0.4, 0.5) is 5.69 Å². The third-order valence-electron chi connectivity index (χ3n) is 4.16. The summed E-state index contributed by atoms with van der Waals surface area (Å²) in [6.07, 6.45) is 0. The molecule has 1 amide bonds. The first kappa shape index (κ1) is 17.6. The summed E-state index contributed by atoms with van der Waals surface area (Å²) >= 11 is 12.5. The number of aryl methyl sites for hydroxylation is 1. The molecule has 134 valence electrons. The van der Waals surface area contributed by atoms with Gasteiger partial charge in [-0.15, -0.1) is 0 Å². The number of fused-ring (bicyclic) bond motifs is 1. The van der Waals surface area contributed by atoms with Gasteiger partial charge in [-0.1, -0.05) is 47.5 Å². The third-order valence-corrected chi connectivity index (χ3v) is 4.80. The minimum Gasteiger partial charge on any atom is -0.441 e. The topological polar surface area (TPSA) is 55.1 Å². The Morgan fingerprint density at radius 1 is 1.00 bits per heavy atom. The van der Waals surface area contributed by atoms with Crippen molar-refractivity contribution in [1.29, 1.82) is 0 Å². The summed E-state index contributed by atoms with van der Waals surface area (Å²) in [5.74, 6) is 0.334. The van der Waals surface area contributed by atoms with Crippen LogP contribution in [0.25, 0.3) is 22.2 Å². The van der Waals surface area contributed by atoms with E-state index >= 15 is 0 Å². The lowest BCUT2D eigenvalue weighted by Gasteiger charge is -2.09. The van der Waals surface area contributed by atoms with Gasteiger partial charge in [-0.05, 0) is 42.0 Å². The van der Waals surface area contributed by atoms with Crippen LogP contribution in [0.2, 0.25) is 10.0 Å². The van der Waals surface area contributed by atoms with Gasteiger partial charge in [0.2, 0.25) is 0 Å². The molecular formula is C21H14Cl2N2O2. The Morgan fingerprint density at radius 2 is 1.74 bits per heavy atom. The Balaban J connectivity index is 1.60. The van der Waals surface area contributed by atoms with E-state index in [2.05, 4.69) is 10.3 Å². The number of nitrogens with one attached hydrogen (secondary N) is 1. The van der Waals surface area contributed by atoms with Gasteiger partial charge in [0, 0.05) is 18.2 Å². The molecule has 0 radical (unpaired) electrons. The zero-order chi connectivity index (χ0) is 19.0. The van der Waals surface area contributed by atoms with Crippen molar-refractivity contribution in [3.63, 3.8) is 0 Å². The average Bonchev–Trinajstić information content (AvgIpc) is 3.01. The summed E-state index contributed by atoms with van der Waals surface area (Å²) in [6, 6.07) is 18.0. The Morgan fingerprint density at radius 3 is 2.48 bits per heavy atom. The number of aromatic nitrogens is 1. The van der Waals surface area contributed by atoms with E-state index in [-0.39, 0.29) is 5.91 Å². The van der Waals surface area contributed by atoms with Crippen LogP contribution in [-0.2, 0) is 0 Å². The molecule has 27 heavy (non-hydrogen) atoms. The smallest absolute Gasteiger partial charge is 0.257 e. The summed E-state index contributed by atoms with van der Waals surface area (Å²) in [5.41, 5.74) is 4.25. The van der Waals surface area contributed by atoms with Gasteiger partial charge in [-0.2, -0.15) is 0 Å². The van der Waals surface area contributed by atoms with Gasteiger partial charge in [-0.3, -0.25) is 4.79 Å². The average molecular weight is 397 g/mol. The molecule has 4 aromatic rings. The fraction of sp³-hybridized carbons (Fsp3) is 0.0476. The van der Waals surface area contributed by atoms with Crippen molar-refractivity contribution < 1.29 is 9.21 Å². The van der Waals surface area contributed by atoms with Crippen molar-refractivity contribution >= 4 is 45.9 Å². The SMILES string of the molecule is Cc1nc2cc(Cl)c(-c3ccc(NC(=O)c4ccccc4Cl)cc3)cc2o1. The molecule has 1 N–H and O–H groups in total. The first-order chi connectivity index (χ1) is 13.0. The first-order valence-electron chi connectivity index (χ1n) is 8.24. The largest absolute Gasteiger partial charge is 0.441 e. The Labute approximate surface area is 165 Å². The molecule has 0 saturated heterocycles. The summed E-state index contributed by atoms with van der Waals surface area (Å²) in [5, 5.41) is 3.84. The van der Waals surface area contributed by atoms with Gasteiger partial charge in [0.1, 0.15) is 5.52 Å². The van der Waals surface area contributed by atoms with Crippen molar-refractivity contribution in [2.24, 2.45) is 0 Å². The fourth-order valence-corrected chi connectivity index (χ4v) is 3.35. The highest BCUT2D eigenvalue weighted by molar-refractivity contribution is 6.34. The Bertz CT molecular complexity index is 1150. The molecule has 0 aliphatic heterocycles. The number of anilines is 1. The van der Waals surface area contributed by atoms with Crippen LogP contribution >= 0.6 is 23.2 Å². The lowest BCUT2D eigenvalue weighted by atomic mass is 10.0. The maximum absolute atomic E-state index is 12.4. The normalized spacial score (nSPS) is 10.9. The second-order valence-electron chi connectivity index (χ2n) is 6.04. The number of amides is 1. The zero-order valence-electron chi connectivity index (χ0n) is 14.3. The first-order valence-corrected chi connectivity index (χ1v) is 9.00. The van der Waals surface area contributed by atoms with E-state index in [1.807, 2.05) is 30.3 Å². The standard InChI is InChI=1S/C21H14Cl2N2O2/c1-12-24-19-11-18(23)16(10-20(19)27-12)13-6-8-14(9-7-13)25-21(26)15-4-2-3-5-17(15)22/h2-11H,1H3,(H,25,26). The van der Waals surface area contributed by atoms with Crippen LogP contribution in [0, 0.1) is 6.92 Å². The lowest BCUT2D eigenvalue weighted by molar-refractivity contribution is 0.102. The van der Waals surface area contributed by atoms with E-state index < -0.39 is 0 Å². The fourth-order valence-electron chi connectivity index (χ4n) is 2.86. The molecule has 0 fully saturated rings. The number of nitrogens with zero attached hydrogens (tertiary/aromatic N) is 1. The monoisotopic (exact) mass is 396 g/mol. The molecule has 0 unspecified atom stereocenters. The highest BCUT2D eigenvalue weighted by Crippen LogP contribution is 2.33. The molecular weight excluding hydrogens is 383 g/mol. The number of carbonyl (C=O) groups excluding carboxylic acids is 1. The molecule has 0 saturated carbocycles. The minimum atomic E-state index is -0.259. The van der Waals surface area contributed by atoms with Crippen molar-refractivity contribution in [3.05, 3.63) is 82.2 Å². The molecule has 1 aromatic heterocycles. The predicted octanol–water partition coefficient (Wildman–Crippen LogP) is 6.36. The van der Waals surface area contributed by atoms with Crippen molar-refractivity contribution in [2.75, 3.05) is 5.32 Å². The van der Waals surface area contributed by atoms with Gasteiger partial charge in [0.25, 0.3) is 5.91 Å². The predicted molar refractivity (Wildman–Crippen MR) is 109 cm³/mol. The van der Waals surface area contributed by atoms with Gasteiger partial charge < -0.3 is 9.73 Å². The molecule has 0 aliphatic carbocycles. The summed E-state index contributed by atoms with van der Waals surface area (Å²) in [4.78, 5) is 16.6. The second kappa shape index (κ2) is 7.06. The quantitative estimate of drug-likeness (QED) is 0.438. The summed E-state index contributed by atoms with van der Waals surface area (Å²) < 4.78 is 5.58.